The van der Waals surface area contributed by atoms with Crippen LogP contribution in [0.5, 0.6) is 11.5 Å². The Balaban J connectivity index is 1.60. The summed E-state index contributed by atoms with van der Waals surface area (Å²) in [5.41, 5.74) is 2.35. The van der Waals surface area contributed by atoms with Crippen molar-refractivity contribution in [3.63, 3.8) is 0 Å². The molecule has 4 aromatic rings. The average molecular weight is 531 g/mol. The van der Waals surface area contributed by atoms with Crippen molar-refractivity contribution in [1.82, 2.24) is 5.32 Å². The summed E-state index contributed by atoms with van der Waals surface area (Å²) in [4.78, 5) is 13.5. The van der Waals surface area contributed by atoms with E-state index >= 15 is 0 Å². The second-order valence-corrected chi connectivity index (χ2v) is 10.4. The van der Waals surface area contributed by atoms with E-state index in [4.69, 9.17) is 9.47 Å². The van der Waals surface area contributed by atoms with Gasteiger partial charge in [-0.1, -0.05) is 66.7 Å². The third-order valence-corrected chi connectivity index (χ3v) is 7.84. The molecule has 8 heteroatoms. The molecule has 4 rings (SSSR count). The second-order valence-electron chi connectivity index (χ2n) is 8.52. The number of benzene rings is 4. The van der Waals surface area contributed by atoms with E-state index < -0.39 is 10.0 Å². The third kappa shape index (κ3) is 6.15. The number of anilines is 1. The van der Waals surface area contributed by atoms with E-state index in [0.29, 0.717) is 30.2 Å². The zero-order valence-corrected chi connectivity index (χ0v) is 22.1. The molecule has 0 atom stereocenters. The fourth-order valence-corrected chi connectivity index (χ4v) is 5.60. The zero-order valence-electron chi connectivity index (χ0n) is 21.3. The van der Waals surface area contributed by atoms with Crippen LogP contribution in [-0.2, 0) is 23.0 Å². The highest BCUT2D eigenvalue weighted by molar-refractivity contribution is 7.92. The zero-order chi connectivity index (χ0) is 27.0. The number of rotatable bonds is 11. The SMILES string of the molecule is COc1ccc(CCNC(=O)c2ccccc2N(Cc2ccccc2)S(=O)(=O)c2ccccc2)cc1OC. The van der Waals surface area contributed by atoms with Gasteiger partial charge in [0.2, 0.25) is 0 Å². The van der Waals surface area contributed by atoms with Crippen LogP contribution in [-0.4, -0.2) is 35.1 Å². The molecule has 1 amide bonds. The number of sulfonamides is 1. The van der Waals surface area contributed by atoms with Crippen molar-refractivity contribution in [2.75, 3.05) is 25.1 Å². The maximum atomic E-state index is 13.8. The number of carbonyl (C=O) groups excluding carboxylic acids is 1. The van der Waals surface area contributed by atoms with Crippen LogP contribution in [0.3, 0.4) is 0 Å². The lowest BCUT2D eigenvalue weighted by atomic mass is 10.1. The summed E-state index contributed by atoms with van der Waals surface area (Å²) in [6.45, 7) is 0.431. The number of carbonyl (C=O) groups is 1. The van der Waals surface area contributed by atoms with Crippen molar-refractivity contribution in [1.29, 1.82) is 0 Å². The molecule has 0 bridgehead atoms. The van der Waals surface area contributed by atoms with E-state index in [1.165, 1.54) is 4.31 Å². The number of nitrogens with zero attached hydrogens (tertiary/aromatic N) is 1. The topological polar surface area (TPSA) is 84.9 Å². The number of para-hydroxylation sites is 1. The first-order valence-electron chi connectivity index (χ1n) is 12.1. The normalized spacial score (nSPS) is 11.0. The van der Waals surface area contributed by atoms with Gasteiger partial charge in [-0.25, -0.2) is 8.42 Å². The van der Waals surface area contributed by atoms with Crippen LogP contribution in [0.4, 0.5) is 5.69 Å². The van der Waals surface area contributed by atoms with E-state index in [-0.39, 0.29) is 22.9 Å². The molecule has 0 fully saturated rings. The number of methoxy groups -OCH3 is 2. The van der Waals surface area contributed by atoms with Gasteiger partial charge in [0.25, 0.3) is 15.9 Å². The highest BCUT2D eigenvalue weighted by Gasteiger charge is 2.28. The number of hydrogen-bond acceptors (Lipinski definition) is 5. The molecule has 0 radical (unpaired) electrons. The Labute approximate surface area is 223 Å². The van der Waals surface area contributed by atoms with Gasteiger partial charge in [0.1, 0.15) is 0 Å². The highest BCUT2D eigenvalue weighted by Crippen LogP contribution is 2.30. The number of ether oxygens (including phenoxy) is 2. The van der Waals surface area contributed by atoms with E-state index in [2.05, 4.69) is 5.32 Å². The van der Waals surface area contributed by atoms with Gasteiger partial charge in [-0.3, -0.25) is 9.10 Å². The summed E-state index contributed by atoms with van der Waals surface area (Å²) in [6, 6.07) is 29.9. The summed E-state index contributed by atoms with van der Waals surface area (Å²) < 4.78 is 39.5. The Bertz CT molecular complexity index is 1480. The average Bonchev–Trinajstić information content (AvgIpc) is 2.96. The molecular formula is C30H30N2O5S. The van der Waals surface area contributed by atoms with Crippen LogP contribution in [0.25, 0.3) is 0 Å². The molecule has 0 heterocycles. The van der Waals surface area contributed by atoms with Gasteiger partial charge in [0.05, 0.1) is 36.9 Å². The molecule has 0 aliphatic heterocycles. The largest absolute Gasteiger partial charge is 0.493 e. The molecule has 0 aromatic heterocycles. The van der Waals surface area contributed by atoms with Gasteiger partial charge in [0, 0.05) is 6.54 Å². The lowest BCUT2D eigenvalue weighted by Crippen LogP contribution is -2.34. The fraction of sp³-hybridized carbons (Fsp3) is 0.167. The van der Waals surface area contributed by atoms with Gasteiger partial charge in [0.15, 0.2) is 11.5 Å². The van der Waals surface area contributed by atoms with E-state index in [0.717, 1.165) is 11.1 Å². The monoisotopic (exact) mass is 530 g/mol. The molecule has 196 valence electrons. The molecule has 0 unspecified atom stereocenters. The molecule has 38 heavy (non-hydrogen) atoms. The maximum absolute atomic E-state index is 13.8. The minimum Gasteiger partial charge on any atom is -0.493 e. The van der Waals surface area contributed by atoms with Crippen LogP contribution in [0.15, 0.2) is 108 Å². The van der Waals surface area contributed by atoms with Crippen molar-refractivity contribution in [3.8, 4) is 11.5 Å². The fourth-order valence-electron chi connectivity index (χ4n) is 4.10. The Kier molecular flexibility index (Phi) is 8.66. The summed E-state index contributed by atoms with van der Waals surface area (Å²) >= 11 is 0. The van der Waals surface area contributed by atoms with Gasteiger partial charge >= 0.3 is 0 Å². The minimum atomic E-state index is -3.96. The van der Waals surface area contributed by atoms with Crippen LogP contribution in [0.1, 0.15) is 21.5 Å². The highest BCUT2D eigenvalue weighted by atomic mass is 32.2. The first-order chi connectivity index (χ1) is 18.4. The molecule has 0 aliphatic rings. The summed E-state index contributed by atoms with van der Waals surface area (Å²) in [5.74, 6) is 0.888. The standard InChI is InChI=1S/C30H30N2O5S/c1-36-28-18-17-23(21-29(28)37-2)19-20-31-30(33)26-15-9-10-16-27(26)32(22-24-11-5-3-6-12-24)38(34,35)25-13-7-4-8-14-25/h3-18,21H,19-20,22H2,1-2H3,(H,31,33). The van der Waals surface area contributed by atoms with E-state index in [1.807, 2.05) is 48.5 Å². The van der Waals surface area contributed by atoms with Crippen LogP contribution in [0, 0.1) is 0 Å². The Hall–Kier alpha value is -4.30. The lowest BCUT2D eigenvalue weighted by Gasteiger charge is -2.26. The molecule has 1 N–H and O–H groups in total. The molecule has 7 nitrogen and oxygen atoms in total. The van der Waals surface area contributed by atoms with E-state index in [1.54, 1.807) is 68.8 Å². The third-order valence-electron chi connectivity index (χ3n) is 6.06. The van der Waals surface area contributed by atoms with Crippen molar-refractivity contribution in [2.45, 2.75) is 17.9 Å². The molecule has 0 aliphatic carbocycles. The van der Waals surface area contributed by atoms with Crippen molar-refractivity contribution >= 4 is 21.6 Å². The predicted octanol–water partition coefficient (Wildman–Crippen LogP) is 5.07. The van der Waals surface area contributed by atoms with Gasteiger partial charge in [-0.2, -0.15) is 0 Å². The molecule has 0 saturated heterocycles. The summed E-state index contributed by atoms with van der Waals surface area (Å²) in [6.07, 6.45) is 0.560. The number of amides is 1. The van der Waals surface area contributed by atoms with Crippen molar-refractivity contribution in [2.24, 2.45) is 0 Å². The van der Waals surface area contributed by atoms with Crippen molar-refractivity contribution in [3.05, 3.63) is 120 Å². The maximum Gasteiger partial charge on any atom is 0.264 e. The summed E-state index contributed by atoms with van der Waals surface area (Å²) in [5, 5.41) is 2.93. The van der Waals surface area contributed by atoms with Gasteiger partial charge in [-0.05, 0) is 53.9 Å². The van der Waals surface area contributed by atoms with E-state index in [9.17, 15) is 13.2 Å². The first-order valence-corrected chi connectivity index (χ1v) is 13.6. The first kappa shape index (κ1) is 26.8. The molecule has 0 spiro atoms. The predicted molar refractivity (Wildman–Crippen MR) is 148 cm³/mol. The second kappa shape index (κ2) is 12.3. The quantitative estimate of drug-likeness (QED) is 0.293. The van der Waals surface area contributed by atoms with Gasteiger partial charge in [-0.15, -0.1) is 0 Å². The minimum absolute atomic E-state index is 0.0774. The molecular weight excluding hydrogens is 500 g/mol. The molecule has 4 aromatic carbocycles. The lowest BCUT2D eigenvalue weighted by molar-refractivity contribution is 0.0954. The van der Waals surface area contributed by atoms with Crippen LogP contribution in [0.2, 0.25) is 0 Å². The van der Waals surface area contributed by atoms with Gasteiger partial charge < -0.3 is 14.8 Å². The van der Waals surface area contributed by atoms with Crippen LogP contribution < -0.4 is 19.1 Å². The van der Waals surface area contributed by atoms with Crippen molar-refractivity contribution < 1.29 is 22.7 Å². The van der Waals surface area contributed by atoms with Crippen LogP contribution >= 0.6 is 0 Å². The summed E-state index contributed by atoms with van der Waals surface area (Å²) in [7, 11) is -0.806. The smallest absolute Gasteiger partial charge is 0.264 e. The Morgan fingerprint density at radius 2 is 1.39 bits per heavy atom. The Morgan fingerprint density at radius 1 is 0.763 bits per heavy atom. The molecule has 0 saturated carbocycles. The number of hydrogen-bond donors (Lipinski definition) is 1. The Morgan fingerprint density at radius 3 is 2.08 bits per heavy atom. The number of nitrogens with one attached hydrogen (secondary N) is 1.